The molecule has 0 spiro atoms. The van der Waals surface area contributed by atoms with E-state index in [1.54, 1.807) is 0 Å². The molecule has 0 atom stereocenters. The highest BCUT2D eigenvalue weighted by Crippen LogP contribution is 2.23. The van der Waals surface area contributed by atoms with Gasteiger partial charge in [0.2, 0.25) is 0 Å². The standard InChI is InChI=1S/C15H26OSi/c1-5-14-9-11-15(12-10-14)13-16-17(6-2,7-3)8-4/h9-12H,5-8,13H2,1-4H3. The molecule has 0 N–H and O–H groups in total. The first-order valence-corrected chi connectivity index (χ1v) is 9.44. The number of benzene rings is 1. The van der Waals surface area contributed by atoms with Crippen LogP contribution in [0.3, 0.4) is 0 Å². The van der Waals surface area contributed by atoms with Crippen LogP contribution in [0.15, 0.2) is 24.3 Å². The molecule has 1 aromatic rings. The zero-order chi connectivity index (χ0) is 12.7. The molecule has 0 amide bonds. The van der Waals surface area contributed by atoms with Crippen molar-refractivity contribution >= 4 is 8.32 Å². The molecule has 0 unspecified atom stereocenters. The molecular weight excluding hydrogens is 224 g/mol. The summed E-state index contributed by atoms with van der Waals surface area (Å²) < 4.78 is 6.28. The van der Waals surface area contributed by atoms with Gasteiger partial charge < -0.3 is 4.43 Å². The largest absolute Gasteiger partial charge is 0.413 e. The van der Waals surface area contributed by atoms with E-state index in [4.69, 9.17) is 4.43 Å². The third kappa shape index (κ3) is 3.97. The SMILES string of the molecule is CCc1ccc(CO[Si](CC)(CC)CC)cc1. The Morgan fingerprint density at radius 2 is 1.29 bits per heavy atom. The van der Waals surface area contributed by atoms with E-state index >= 15 is 0 Å². The van der Waals surface area contributed by atoms with E-state index in [1.165, 1.54) is 29.3 Å². The normalized spacial score (nSPS) is 11.8. The third-order valence-corrected chi connectivity index (χ3v) is 8.53. The number of hydrogen-bond donors (Lipinski definition) is 0. The van der Waals surface area contributed by atoms with Gasteiger partial charge in [-0.1, -0.05) is 52.0 Å². The van der Waals surface area contributed by atoms with Gasteiger partial charge in [0, 0.05) is 0 Å². The fourth-order valence-electron chi connectivity index (χ4n) is 2.16. The van der Waals surface area contributed by atoms with Crippen molar-refractivity contribution in [2.45, 2.75) is 58.9 Å². The molecule has 0 saturated carbocycles. The predicted molar refractivity (Wildman–Crippen MR) is 77.8 cm³/mol. The first-order chi connectivity index (χ1) is 8.19. The molecule has 0 aliphatic heterocycles. The summed E-state index contributed by atoms with van der Waals surface area (Å²) >= 11 is 0. The van der Waals surface area contributed by atoms with Gasteiger partial charge in [-0.15, -0.1) is 0 Å². The van der Waals surface area contributed by atoms with Crippen molar-refractivity contribution in [1.29, 1.82) is 0 Å². The first kappa shape index (κ1) is 14.5. The molecule has 17 heavy (non-hydrogen) atoms. The Morgan fingerprint density at radius 1 is 0.824 bits per heavy atom. The Morgan fingerprint density at radius 3 is 1.71 bits per heavy atom. The van der Waals surface area contributed by atoms with Crippen LogP contribution in [0.2, 0.25) is 18.1 Å². The molecule has 1 rings (SSSR count). The Hall–Kier alpha value is -0.603. The molecule has 1 nitrogen and oxygen atoms in total. The molecule has 0 fully saturated rings. The molecular formula is C15H26OSi. The summed E-state index contributed by atoms with van der Waals surface area (Å²) in [6.07, 6.45) is 1.11. The van der Waals surface area contributed by atoms with E-state index in [2.05, 4.69) is 52.0 Å². The van der Waals surface area contributed by atoms with Crippen molar-refractivity contribution in [2.24, 2.45) is 0 Å². The van der Waals surface area contributed by atoms with Crippen molar-refractivity contribution in [3.8, 4) is 0 Å². The Labute approximate surface area is 107 Å². The molecule has 1 aromatic carbocycles. The Bertz CT molecular complexity index is 306. The van der Waals surface area contributed by atoms with E-state index in [9.17, 15) is 0 Å². The van der Waals surface area contributed by atoms with Crippen LogP contribution in [-0.4, -0.2) is 8.32 Å². The molecule has 0 aromatic heterocycles. The van der Waals surface area contributed by atoms with Gasteiger partial charge in [-0.25, -0.2) is 0 Å². The van der Waals surface area contributed by atoms with Gasteiger partial charge in [0.05, 0.1) is 6.61 Å². The maximum Gasteiger partial charge on any atom is 0.192 e. The average Bonchev–Trinajstić information content (AvgIpc) is 2.41. The van der Waals surface area contributed by atoms with Gasteiger partial charge in [0.15, 0.2) is 8.32 Å². The summed E-state index contributed by atoms with van der Waals surface area (Å²) in [6.45, 7) is 9.82. The van der Waals surface area contributed by atoms with E-state index < -0.39 is 8.32 Å². The lowest BCUT2D eigenvalue weighted by molar-refractivity contribution is 0.287. The molecule has 0 heterocycles. The average molecular weight is 250 g/mol. The van der Waals surface area contributed by atoms with Gasteiger partial charge in [0.25, 0.3) is 0 Å². The maximum atomic E-state index is 6.28. The van der Waals surface area contributed by atoms with E-state index in [0.29, 0.717) is 0 Å². The quantitative estimate of drug-likeness (QED) is 0.633. The predicted octanol–water partition coefficient (Wildman–Crippen LogP) is 4.77. The lowest BCUT2D eigenvalue weighted by atomic mass is 10.1. The van der Waals surface area contributed by atoms with E-state index in [1.807, 2.05) is 0 Å². The van der Waals surface area contributed by atoms with Crippen LogP contribution in [0.1, 0.15) is 38.8 Å². The Kier molecular flexibility index (Phi) is 5.93. The van der Waals surface area contributed by atoms with Crippen LogP contribution in [0.5, 0.6) is 0 Å². The minimum Gasteiger partial charge on any atom is -0.413 e. The van der Waals surface area contributed by atoms with Crippen LogP contribution >= 0.6 is 0 Å². The molecule has 96 valence electrons. The first-order valence-electron chi connectivity index (χ1n) is 6.91. The third-order valence-electron chi connectivity index (χ3n) is 3.91. The molecule has 2 heteroatoms. The molecule has 0 saturated heterocycles. The van der Waals surface area contributed by atoms with E-state index in [0.717, 1.165) is 13.0 Å². The Balaban J connectivity index is 2.59. The summed E-state index contributed by atoms with van der Waals surface area (Å²) in [4.78, 5) is 0. The lowest BCUT2D eigenvalue weighted by Gasteiger charge is -2.28. The topological polar surface area (TPSA) is 9.23 Å². The van der Waals surface area contributed by atoms with Crippen LogP contribution in [0.4, 0.5) is 0 Å². The molecule has 0 aliphatic carbocycles. The second-order valence-electron chi connectivity index (χ2n) is 4.70. The van der Waals surface area contributed by atoms with Gasteiger partial charge >= 0.3 is 0 Å². The molecule has 0 bridgehead atoms. The number of hydrogen-bond acceptors (Lipinski definition) is 1. The van der Waals surface area contributed by atoms with Crippen molar-refractivity contribution in [3.05, 3.63) is 35.4 Å². The van der Waals surface area contributed by atoms with E-state index in [-0.39, 0.29) is 0 Å². The minimum atomic E-state index is -1.42. The number of aryl methyl sites for hydroxylation is 1. The van der Waals surface area contributed by atoms with Crippen molar-refractivity contribution in [3.63, 3.8) is 0 Å². The highest BCUT2D eigenvalue weighted by Gasteiger charge is 2.28. The highest BCUT2D eigenvalue weighted by molar-refractivity contribution is 6.73. The zero-order valence-electron chi connectivity index (χ0n) is 11.8. The summed E-state index contributed by atoms with van der Waals surface area (Å²) in [5, 5.41) is 0. The summed E-state index contributed by atoms with van der Waals surface area (Å²) in [5.74, 6) is 0. The summed E-state index contributed by atoms with van der Waals surface area (Å²) in [7, 11) is -1.42. The smallest absolute Gasteiger partial charge is 0.192 e. The van der Waals surface area contributed by atoms with Crippen LogP contribution in [-0.2, 0) is 17.5 Å². The second kappa shape index (κ2) is 6.97. The van der Waals surface area contributed by atoms with Crippen molar-refractivity contribution < 1.29 is 4.43 Å². The van der Waals surface area contributed by atoms with Crippen molar-refractivity contribution in [2.75, 3.05) is 0 Å². The second-order valence-corrected chi connectivity index (χ2v) is 9.48. The van der Waals surface area contributed by atoms with Gasteiger partial charge in [-0.2, -0.15) is 0 Å². The zero-order valence-corrected chi connectivity index (χ0v) is 12.8. The van der Waals surface area contributed by atoms with Crippen LogP contribution in [0, 0.1) is 0 Å². The maximum absolute atomic E-state index is 6.28. The lowest BCUT2D eigenvalue weighted by Crippen LogP contribution is -2.35. The molecule has 0 radical (unpaired) electrons. The highest BCUT2D eigenvalue weighted by atomic mass is 28.4. The van der Waals surface area contributed by atoms with Crippen LogP contribution in [0.25, 0.3) is 0 Å². The van der Waals surface area contributed by atoms with Crippen LogP contribution < -0.4 is 0 Å². The fourth-order valence-corrected chi connectivity index (χ4v) is 4.75. The van der Waals surface area contributed by atoms with Crippen molar-refractivity contribution in [1.82, 2.24) is 0 Å². The van der Waals surface area contributed by atoms with Gasteiger partial charge in [-0.3, -0.25) is 0 Å². The summed E-state index contributed by atoms with van der Waals surface area (Å²) in [5.41, 5.74) is 2.72. The monoisotopic (exact) mass is 250 g/mol. The molecule has 0 aliphatic rings. The van der Waals surface area contributed by atoms with Gasteiger partial charge in [0.1, 0.15) is 0 Å². The fraction of sp³-hybridized carbons (Fsp3) is 0.600. The number of rotatable bonds is 7. The van der Waals surface area contributed by atoms with Gasteiger partial charge in [-0.05, 0) is 35.7 Å². The summed E-state index contributed by atoms with van der Waals surface area (Å²) in [6, 6.07) is 12.5. The minimum absolute atomic E-state index is 0.797.